The lowest BCUT2D eigenvalue weighted by Gasteiger charge is -2.13. The highest BCUT2D eigenvalue weighted by atomic mass is 16.5. The SMILES string of the molecule is Cc1cccc(C(O)COc2ccccc2)c1. The van der Waals surface area contributed by atoms with Crippen LogP contribution in [-0.4, -0.2) is 11.7 Å². The van der Waals surface area contributed by atoms with Gasteiger partial charge in [-0.1, -0.05) is 48.0 Å². The number of hydrogen-bond acceptors (Lipinski definition) is 2. The van der Waals surface area contributed by atoms with Gasteiger partial charge in [-0.05, 0) is 24.6 Å². The first-order valence-corrected chi connectivity index (χ1v) is 5.68. The smallest absolute Gasteiger partial charge is 0.119 e. The molecule has 2 nitrogen and oxygen atoms in total. The van der Waals surface area contributed by atoms with E-state index in [-0.39, 0.29) is 6.61 Å². The fourth-order valence-electron chi connectivity index (χ4n) is 1.67. The van der Waals surface area contributed by atoms with E-state index < -0.39 is 6.10 Å². The van der Waals surface area contributed by atoms with Crippen LogP contribution in [0.3, 0.4) is 0 Å². The van der Waals surface area contributed by atoms with Crippen molar-refractivity contribution in [3.05, 3.63) is 65.7 Å². The van der Waals surface area contributed by atoms with Gasteiger partial charge in [0.2, 0.25) is 0 Å². The Morgan fingerprint density at radius 3 is 2.53 bits per heavy atom. The lowest BCUT2D eigenvalue weighted by molar-refractivity contribution is 0.108. The molecule has 0 saturated carbocycles. The summed E-state index contributed by atoms with van der Waals surface area (Å²) in [5, 5.41) is 9.98. The van der Waals surface area contributed by atoms with Gasteiger partial charge in [0.25, 0.3) is 0 Å². The first-order valence-electron chi connectivity index (χ1n) is 5.68. The molecule has 1 unspecified atom stereocenters. The number of aryl methyl sites for hydroxylation is 1. The summed E-state index contributed by atoms with van der Waals surface area (Å²) in [6.45, 7) is 2.28. The highest BCUT2D eigenvalue weighted by molar-refractivity contribution is 5.25. The van der Waals surface area contributed by atoms with Gasteiger partial charge >= 0.3 is 0 Å². The maximum atomic E-state index is 9.98. The van der Waals surface area contributed by atoms with Crippen LogP contribution in [0.15, 0.2) is 54.6 Å². The van der Waals surface area contributed by atoms with Gasteiger partial charge in [-0.2, -0.15) is 0 Å². The predicted octanol–water partition coefficient (Wildman–Crippen LogP) is 3.11. The zero-order chi connectivity index (χ0) is 12.1. The number of benzene rings is 2. The molecule has 0 aliphatic rings. The van der Waals surface area contributed by atoms with Crippen molar-refractivity contribution in [2.75, 3.05) is 6.61 Å². The summed E-state index contributed by atoms with van der Waals surface area (Å²) in [5.41, 5.74) is 2.03. The Morgan fingerprint density at radius 1 is 1.06 bits per heavy atom. The molecule has 0 radical (unpaired) electrons. The monoisotopic (exact) mass is 228 g/mol. The Labute approximate surface area is 101 Å². The van der Waals surface area contributed by atoms with Crippen LogP contribution in [0.5, 0.6) is 5.75 Å². The minimum Gasteiger partial charge on any atom is -0.491 e. The third-order valence-corrected chi connectivity index (χ3v) is 2.58. The molecule has 0 aliphatic carbocycles. The zero-order valence-corrected chi connectivity index (χ0v) is 9.84. The molecule has 17 heavy (non-hydrogen) atoms. The summed E-state index contributed by atoms with van der Waals surface area (Å²) < 4.78 is 5.51. The average Bonchev–Trinajstić information content (AvgIpc) is 2.37. The van der Waals surface area contributed by atoms with Crippen molar-refractivity contribution < 1.29 is 9.84 Å². The van der Waals surface area contributed by atoms with Crippen LogP contribution in [0.2, 0.25) is 0 Å². The lowest BCUT2D eigenvalue weighted by atomic mass is 10.1. The second kappa shape index (κ2) is 5.51. The zero-order valence-electron chi connectivity index (χ0n) is 9.84. The average molecular weight is 228 g/mol. The van der Waals surface area contributed by atoms with Crippen LogP contribution in [0.25, 0.3) is 0 Å². The molecule has 0 fully saturated rings. The lowest BCUT2D eigenvalue weighted by Crippen LogP contribution is -2.09. The van der Waals surface area contributed by atoms with Crippen molar-refractivity contribution >= 4 is 0 Å². The number of rotatable bonds is 4. The van der Waals surface area contributed by atoms with Gasteiger partial charge < -0.3 is 9.84 Å². The molecule has 2 aromatic rings. The molecular formula is C15H16O2. The normalized spacial score (nSPS) is 12.1. The number of aliphatic hydroxyl groups excluding tert-OH is 1. The Hall–Kier alpha value is -1.80. The maximum Gasteiger partial charge on any atom is 0.119 e. The van der Waals surface area contributed by atoms with E-state index in [0.717, 1.165) is 16.9 Å². The van der Waals surface area contributed by atoms with Crippen LogP contribution >= 0.6 is 0 Å². The van der Waals surface area contributed by atoms with Gasteiger partial charge in [0.15, 0.2) is 0 Å². The Kier molecular flexibility index (Phi) is 3.78. The van der Waals surface area contributed by atoms with Crippen molar-refractivity contribution in [2.24, 2.45) is 0 Å². The van der Waals surface area contributed by atoms with E-state index in [1.807, 2.05) is 61.5 Å². The van der Waals surface area contributed by atoms with Crippen LogP contribution in [0.4, 0.5) is 0 Å². The molecule has 2 rings (SSSR count). The first kappa shape index (κ1) is 11.7. The molecule has 0 spiro atoms. The van der Waals surface area contributed by atoms with Crippen LogP contribution in [0.1, 0.15) is 17.2 Å². The largest absolute Gasteiger partial charge is 0.491 e. The van der Waals surface area contributed by atoms with Gasteiger partial charge in [-0.3, -0.25) is 0 Å². The quantitative estimate of drug-likeness (QED) is 0.871. The number of hydrogen-bond donors (Lipinski definition) is 1. The Balaban J connectivity index is 1.96. The fourth-order valence-corrected chi connectivity index (χ4v) is 1.67. The van der Waals surface area contributed by atoms with Gasteiger partial charge in [0.05, 0.1) is 0 Å². The highest BCUT2D eigenvalue weighted by Gasteiger charge is 2.08. The first-order chi connectivity index (χ1) is 8.25. The Bertz CT molecular complexity index is 465. The molecule has 0 saturated heterocycles. The van der Waals surface area contributed by atoms with Crippen LogP contribution in [-0.2, 0) is 0 Å². The molecule has 2 heteroatoms. The van der Waals surface area contributed by atoms with Gasteiger partial charge in [-0.15, -0.1) is 0 Å². The number of aliphatic hydroxyl groups is 1. The highest BCUT2D eigenvalue weighted by Crippen LogP contribution is 2.16. The summed E-state index contributed by atoms with van der Waals surface area (Å²) in [6.07, 6.45) is -0.588. The van der Waals surface area contributed by atoms with E-state index in [2.05, 4.69) is 0 Å². The molecule has 0 amide bonds. The van der Waals surface area contributed by atoms with Gasteiger partial charge in [-0.25, -0.2) is 0 Å². The third-order valence-electron chi connectivity index (χ3n) is 2.58. The molecule has 0 heterocycles. The summed E-state index contributed by atoms with van der Waals surface area (Å²) >= 11 is 0. The number of ether oxygens (including phenoxy) is 1. The standard InChI is InChI=1S/C15H16O2/c1-12-6-5-7-13(10-12)15(16)11-17-14-8-3-2-4-9-14/h2-10,15-16H,11H2,1H3. The van der Waals surface area contributed by atoms with Crippen molar-refractivity contribution in [3.8, 4) is 5.75 Å². The minimum atomic E-state index is -0.588. The van der Waals surface area contributed by atoms with E-state index in [0.29, 0.717) is 0 Å². The molecule has 2 aromatic carbocycles. The van der Waals surface area contributed by atoms with Crippen molar-refractivity contribution in [1.29, 1.82) is 0 Å². The van der Waals surface area contributed by atoms with E-state index in [4.69, 9.17) is 4.74 Å². The second-order valence-corrected chi connectivity index (χ2v) is 4.05. The van der Waals surface area contributed by atoms with Crippen LogP contribution < -0.4 is 4.74 Å². The molecule has 0 bridgehead atoms. The fraction of sp³-hybridized carbons (Fsp3) is 0.200. The van der Waals surface area contributed by atoms with E-state index in [1.165, 1.54) is 0 Å². The summed E-state index contributed by atoms with van der Waals surface area (Å²) in [6, 6.07) is 17.3. The maximum absolute atomic E-state index is 9.98. The summed E-state index contributed by atoms with van der Waals surface area (Å²) in [5.74, 6) is 0.777. The summed E-state index contributed by atoms with van der Waals surface area (Å²) in [4.78, 5) is 0. The van der Waals surface area contributed by atoms with Crippen molar-refractivity contribution in [2.45, 2.75) is 13.0 Å². The molecule has 0 aromatic heterocycles. The molecule has 88 valence electrons. The Morgan fingerprint density at radius 2 is 1.82 bits per heavy atom. The third kappa shape index (κ3) is 3.33. The minimum absolute atomic E-state index is 0.271. The topological polar surface area (TPSA) is 29.5 Å². The predicted molar refractivity (Wildman–Crippen MR) is 68.1 cm³/mol. The number of para-hydroxylation sites is 1. The second-order valence-electron chi connectivity index (χ2n) is 4.05. The van der Waals surface area contributed by atoms with Crippen molar-refractivity contribution in [3.63, 3.8) is 0 Å². The van der Waals surface area contributed by atoms with Crippen molar-refractivity contribution in [1.82, 2.24) is 0 Å². The molecule has 1 N–H and O–H groups in total. The van der Waals surface area contributed by atoms with Crippen LogP contribution in [0, 0.1) is 6.92 Å². The van der Waals surface area contributed by atoms with Gasteiger partial charge in [0.1, 0.15) is 18.5 Å². The molecule has 1 atom stereocenters. The van der Waals surface area contributed by atoms with E-state index in [1.54, 1.807) is 0 Å². The molecular weight excluding hydrogens is 212 g/mol. The summed E-state index contributed by atoms with van der Waals surface area (Å²) in [7, 11) is 0. The van der Waals surface area contributed by atoms with E-state index in [9.17, 15) is 5.11 Å². The van der Waals surface area contributed by atoms with Gasteiger partial charge in [0, 0.05) is 0 Å². The van der Waals surface area contributed by atoms with E-state index >= 15 is 0 Å². The molecule has 0 aliphatic heterocycles.